The van der Waals surface area contributed by atoms with E-state index in [0.717, 1.165) is 21.7 Å². The lowest BCUT2D eigenvalue weighted by molar-refractivity contribution is 1.00. The number of rotatable bonds is 3. The molecule has 0 aliphatic heterocycles. The SMILES string of the molecule is Cc1cc(N)nc(CSc2nc(C)ns2)n1. The van der Waals surface area contributed by atoms with Crippen LogP contribution in [-0.2, 0) is 5.75 Å². The van der Waals surface area contributed by atoms with Crippen LogP contribution < -0.4 is 5.73 Å². The summed E-state index contributed by atoms with van der Waals surface area (Å²) in [4.78, 5) is 12.7. The lowest BCUT2D eigenvalue weighted by Crippen LogP contribution is -1.99. The number of nitrogens with zero attached hydrogens (tertiary/aromatic N) is 4. The number of aryl methyl sites for hydroxylation is 2. The second kappa shape index (κ2) is 4.75. The van der Waals surface area contributed by atoms with Crippen molar-refractivity contribution in [1.82, 2.24) is 19.3 Å². The lowest BCUT2D eigenvalue weighted by atomic mass is 10.4. The molecule has 2 aromatic rings. The van der Waals surface area contributed by atoms with Crippen molar-refractivity contribution >= 4 is 29.1 Å². The molecule has 0 spiro atoms. The van der Waals surface area contributed by atoms with Gasteiger partial charge >= 0.3 is 0 Å². The van der Waals surface area contributed by atoms with Crippen molar-refractivity contribution in [3.63, 3.8) is 0 Å². The first kappa shape index (κ1) is 11.3. The molecule has 84 valence electrons. The van der Waals surface area contributed by atoms with E-state index in [4.69, 9.17) is 5.73 Å². The predicted molar refractivity (Wildman–Crippen MR) is 65.4 cm³/mol. The van der Waals surface area contributed by atoms with Crippen LogP contribution in [0.5, 0.6) is 0 Å². The van der Waals surface area contributed by atoms with E-state index in [9.17, 15) is 0 Å². The van der Waals surface area contributed by atoms with Crippen molar-refractivity contribution in [3.8, 4) is 0 Å². The van der Waals surface area contributed by atoms with Crippen molar-refractivity contribution in [1.29, 1.82) is 0 Å². The van der Waals surface area contributed by atoms with Crippen molar-refractivity contribution in [2.24, 2.45) is 0 Å². The Morgan fingerprint density at radius 3 is 2.75 bits per heavy atom. The zero-order valence-corrected chi connectivity index (χ0v) is 10.6. The zero-order valence-electron chi connectivity index (χ0n) is 8.97. The first-order valence-electron chi connectivity index (χ1n) is 4.66. The van der Waals surface area contributed by atoms with Gasteiger partial charge in [0.2, 0.25) is 0 Å². The van der Waals surface area contributed by atoms with Crippen molar-refractivity contribution in [3.05, 3.63) is 23.4 Å². The first-order chi connectivity index (χ1) is 7.63. The van der Waals surface area contributed by atoms with Gasteiger partial charge < -0.3 is 5.73 Å². The Balaban J connectivity index is 2.04. The van der Waals surface area contributed by atoms with Gasteiger partial charge in [-0.2, -0.15) is 4.37 Å². The number of hydrogen-bond acceptors (Lipinski definition) is 7. The minimum Gasteiger partial charge on any atom is -0.384 e. The summed E-state index contributed by atoms with van der Waals surface area (Å²) in [6, 6.07) is 1.75. The van der Waals surface area contributed by atoms with E-state index >= 15 is 0 Å². The second-order valence-corrected chi connectivity index (χ2v) is 5.22. The van der Waals surface area contributed by atoms with Crippen LogP contribution in [0.1, 0.15) is 17.3 Å². The molecular formula is C9H11N5S2. The summed E-state index contributed by atoms with van der Waals surface area (Å²) >= 11 is 2.97. The van der Waals surface area contributed by atoms with Gasteiger partial charge in [0.05, 0.1) is 5.75 Å². The largest absolute Gasteiger partial charge is 0.384 e. The average molecular weight is 253 g/mol. The fourth-order valence-electron chi connectivity index (χ4n) is 1.18. The number of nitrogen functional groups attached to an aromatic ring is 1. The lowest BCUT2D eigenvalue weighted by Gasteiger charge is -2.00. The topological polar surface area (TPSA) is 77.6 Å². The number of thioether (sulfide) groups is 1. The van der Waals surface area contributed by atoms with E-state index in [-0.39, 0.29) is 0 Å². The van der Waals surface area contributed by atoms with E-state index in [2.05, 4.69) is 19.3 Å². The molecule has 16 heavy (non-hydrogen) atoms. The first-order valence-corrected chi connectivity index (χ1v) is 6.42. The molecule has 0 radical (unpaired) electrons. The number of nitrogens with two attached hydrogens (primary N) is 1. The van der Waals surface area contributed by atoms with Crippen LogP contribution in [0.3, 0.4) is 0 Å². The summed E-state index contributed by atoms with van der Waals surface area (Å²) in [7, 11) is 0. The predicted octanol–water partition coefficient (Wildman–Crippen LogP) is 1.82. The maximum absolute atomic E-state index is 5.65. The summed E-state index contributed by atoms with van der Waals surface area (Å²) < 4.78 is 5.04. The Kier molecular flexibility index (Phi) is 3.35. The van der Waals surface area contributed by atoms with Gasteiger partial charge in [-0.1, -0.05) is 11.8 Å². The van der Waals surface area contributed by atoms with Gasteiger partial charge in [0.15, 0.2) is 4.34 Å². The Labute approximate surface area is 102 Å². The van der Waals surface area contributed by atoms with Crippen LogP contribution in [0.2, 0.25) is 0 Å². The molecule has 0 aliphatic carbocycles. The maximum Gasteiger partial charge on any atom is 0.170 e. The standard InChI is InChI=1S/C9H11N5S2/c1-5-3-7(10)13-8(11-5)4-15-9-12-6(2)14-16-9/h3H,4H2,1-2H3,(H2,10,11,13). The van der Waals surface area contributed by atoms with E-state index in [1.54, 1.807) is 17.8 Å². The van der Waals surface area contributed by atoms with Gasteiger partial charge in [0.1, 0.15) is 17.5 Å². The molecule has 5 nitrogen and oxygen atoms in total. The Hall–Kier alpha value is -1.21. The summed E-state index contributed by atoms with van der Waals surface area (Å²) in [5.41, 5.74) is 6.53. The third-order valence-corrected chi connectivity index (χ3v) is 3.67. The molecule has 0 saturated carbocycles. The molecule has 0 unspecified atom stereocenters. The monoisotopic (exact) mass is 253 g/mol. The molecule has 0 aromatic carbocycles. The van der Waals surface area contributed by atoms with Gasteiger partial charge in [-0.15, -0.1) is 0 Å². The smallest absolute Gasteiger partial charge is 0.170 e. The maximum atomic E-state index is 5.65. The summed E-state index contributed by atoms with van der Waals surface area (Å²) in [5, 5.41) is 0. The summed E-state index contributed by atoms with van der Waals surface area (Å²) in [5.74, 6) is 2.71. The fraction of sp³-hybridized carbons (Fsp3) is 0.333. The van der Waals surface area contributed by atoms with Crippen LogP contribution >= 0.6 is 23.3 Å². The van der Waals surface area contributed by atoms with Crippen molar-refractivity contribution < 1.29 is 0 Å². The minimum absolute atomic E-state index is 0.511. The van der Waals surface area contributed by atoms with E-state index < -0.39 is 0 Å². The Morgan fingerprint density at radius 1 is 1.31 bits per heavy atom. The molecule has 0 amide bonds. The molecule has 2 aromatic heterocycles. The molecule has 2 N–H and O–H groups in total. The normalized spacial score (nSPS) is 10.6. The third kappa shape index (κ3) is 2.89. The fourth-order valence-corrected chi connectivity index (χ4v) is 2.69. The number of aromatic nitrogens is 4. The van der Waals surface area contributed by atoms with Gasteiger partial charge in [-0.3, -0.25) is 0 Å². The highest BCUT2D eigenvalue weighted by Crippen LogP contribution is 2.23. The third-order valence-electron chi connectivity index (χ3n) is 1.75. The van der Waals surface area contributed by atoms with Crippen molar-refractivity contribution in [2.75, 3.05) is 5.73 Å². The van der Waals surface area contributed by atoms with Gasteiger partial charge in [0, 0.05) is 11.8 Å². The van der Waals surface area contributed by atoms with Crippen LogP contribution in [-0.4, -0.2) is 19.3 Å². The van der Waals surface area contributed by atoms with Crippen LogP contribution in [0.4, 0.5) is 5.82 Å². The number of anilines is 1. The van der Waals surface area contributed by atoms with Gasteiger partial charge in [-0.05, 0) is 25.4 Å². The highest BCUT2D eigenvalue weighted by molar-refractivity contribution is 8.00. The molecule has 0 fully saturated rings. The summed E-state index contributed by atoms with van der Waals surface area (Å²) in [6.07, 6.45) is 0. The Morgan fingerprint density at radius 2 is 2.12 bits per heavy atom. The molecule has 0 saturated heterocycles. The molecule has 2 rings (SSSR count). The van der Waals surface area contributed by atoms with Crippen LogP contribution in [0.15, 0.2) is 10.4 Å². The highest BCUT2D eigenvalue weighted by Gasteiger charge is 2.04. The molecule has 0 bridgehead atoms. The van der Waals surface area contributed by atoms with Gasteiger partial charge in [-0.25, -0.2) is 15.0 Å². The molecular weight excluding hydrogens is 242 g/mol. The van der Waals surface area contributed by atoms with E-state index in [0.29, 0.717) is 11.6 Å². The molecule has 7 heteroatoms. The van der Waals surface area contributed by atoms with Crippen LogP contribution in [0.25, 0.3) is 0 Å². The quantitative estimate of drug-likeness (QED) is 0.841. The highest BCUT2D eigenvalue weighted by atomic mass is 32.2. The van der Waals surface area contributed by atoms with Crippen LogP contribution in [0, 0.1) is 13.8 Å². The zero-order chi connectivity index (χ0) is 11.5. The second-order valence-electron chi connectivity index (χ2n) is 3.25. The van der Waals surface area contributed by atoms with Gasteiger partial charge in [0.25, 0.3) is 0 Å². The minimum atomic E-state index is 0.511. The molecule has 0 atom stereocenters. The molecule has 0 aliphatic rings. The van der Waals surface area contributed by atoms with E-state index in [1.165, 1.54) is 11.5 Å². The molecule has 2 heterocycles. The number of hydrogen-bond donors (Lipinski definition) is 1. The average Bonchev–Trinajstić information content (AvgIpc) is 2.60. The van der Waals surface area contributed by atoms with E-state index in [1.807, 2.05) is 13.8 Å². The van der Waals surface area contributed by atoms with Crippen molar-refractivity contribution in [2.45, 2.75) is 23.9 Å². The Bertz CT molecular complexity index is 476. The summed E-state index contributed by atoms with van der Waals surface area (Å²) in [6.45, 7) is 3.78.